The van der Waals surface area contributed by atoms with Crippen molar-refractivity contribution >= 4 is 32.5 Å². The quantitative estimate of drug-likeness (QED) is 0.495. The Bertz CT molecular complexity index is 1330. The van der Waals surface area contributed by atoms with Gasteiger partial charge in [-0.05, 0) is 43.2 Å². The van der Waals surface area contributed by atoms with Crippen LogP contribution < -0.4 is 15.1 Å². The molecule has 0 bridgehead atoms. The van der Waals surface area contributed by atoms with E-state index in [4.69, 9.17) is 4.74 Å². The molecule has 1 atom stereocenters. The van der Waals surface area contributed by atoms with Crippen LogP contribution in [0.4, 0.5) is 5.69 Å². The molecule has 2 heterocycles. The Kier molecular flexibility index (Phi) is 6.62. The van der Waals surface area contributed by atoms with Crippen molar-refractivity contribution in [3.05, 3.63) is 83.2 Å². The molecule has 2 aromatic carbocycles. The molecule has 2 N–H and O–H groups in total. The van der Waals surface area contributed by atoms with Crippen LogP contribution >= 0.6 is 0 Å². The predicted molar refractivity (Wildman–Crippen MR) is 127 cm³/mol. The molecule has 0 saturated carbocycles. The lowest BCUT2D eigenvalue weighted by atomic mass is 10.1. The van der Waals surface area contributed by atoms with Gasteiger partial charge in [-0.3, -0.25) is 13.9 Å². The number of H-pyrrole nitrogens is 1. The zero-order valence-electron chi connectivity index (χ0n) is 18.0. The highest BCUT2D eigenvalue weighted by molar-refractivity contribution is 7.92. The van der Waals surface area contributed by atoms with Gasteiger partial charge in [0, 0.05) is 30.3 Å². The summed E-state index contributed by atoms with van der Waals surface area (Å²) in [4.78, 5) is 28.5. The number of fused-ring (bicyclic) bond motifs is 1. The molecule has 33 heavy (non-hydrogen) atoms. The van der Waals surface area contributed by atoms with Gasteiger partial charge >= 0.3 is 0 Å². The third kappa shape index (κ3) is 4.69. The highest BCUT2D eigenvalue weighted by Crippen LogP contribution is 2.25. The molecule has 0 spiro atoms. The van der Waals surface area contributed by atoms with E-state index >= 15 is 0 Å². The third-order valence-electron chi connectivity index (χ3n) is 5.54. The molecule has 0 aliphatic carbocycles. The van der Waals surface area contributed by atoms with Gasteiger partial charge in [-0.2, -0.15) is 0 Å². The molecular weight excluding hydrogens is 442 g/mol. The number of rotatable bonds is 8. The largest absolute Gasteiger partial charge is 0.376 e. The molecule has 1 saturated heterocycles. The number of nitrogens with one attached hydrogen (secondary N) is 2. The van der Waals surface area contributed by atoms with Crippen LogP contribution in [-0.4, -0.2) is 45.1 Å². The first-order chi connectivity index (χ1) is 15.9. The van der Waals surface area contributed by atoms with Crippen LogP contribution in [0.1, 0.15) is 23.2 Å². The Morgan fingerprint density at radius 2 is 2.03 bits per heavy atom. The maximum absolute atomic E-state index is 13.4. The lowest BCUT2D eigenvalue weighted by molar-refractivity contribution is 0.0857. The van der Waals surface area contributed by atoms with E-state index in [1.165, 1.54) is 34.8 Å². The maximum atomic E-state index is 13.4. The number of hydrogen-bond acceptors (Lipinski definition) is 5. The van der Waals surface area contributed by atoms with E-state index in [1.54, 1.807) is 30.3 Å². The highest BCUT2D eigenvalue weighted by atomic mass is 32.2. The molecule has 1 aromatic heterocycles. The number of para-hydroxylation sites is 1. The molecule has 8 nitrogen and oxygen atoms in total. The Balaban J connectivity index is 1.69. The van der Waals surface area contributed by atoms with E-state index in [-0.39, 0.29) is 28.5 Å². The average molecular weight is 468 g/mol. The first-order valence-corrected chi connectivity index (χ1v) is 12.1. The number of anilines is 1. The summed E-state index contributed by atoms with van der Waals surface area (Å²) in [6, 6.07) is 12.9. The van der Waals surface area contributed by atoms with Crippen LogP contribution in [0.25, 0.3) is 10.9 Å². The number of carbonyl (C=O) groups is 1. The minimum Gasteiger partial charge on any atom is -0.376 e. The van der Waals surface area contributed by atoms with Crippen LogP contribution in [-0.2, 0) is 14.8 Å². The van der Waals surface area contributed by atoms with E-state index in [9.17, 15) is 18.0 Å². The van der Waals surface area contributed by atoms with Crippen LogP contribution in [0, 0.1) is 0 Å². The van der Waals surface area contributed by atoms with E-state index in [1.807, 2.05) is 0 Å². The van der Waals surface area contributed by atoms with Crippen LogP contribution in [0.2, 0.25) is 0 Å². The lowest BCUT2D eigenvalue weighted by Gasteiger charge is -2.23. The van der Waals surface area contributed by atoms with Gasteiger partial charge in [0.05, 0.1) is 23.2 Å². The number of amides is 1. The molecule has 1 aliphatic heterocycles. The Hall–Kier alpha value is -3.43. The van der Waals surface area contributed by atoms with Crippen LogP contribution in [0.3, 0.4) is 0 Å². The van der Waals surface area contributed by atoms with E-state index in [0.717, 1.165) is 12.8 Å². The van der Waals surface area contributed by atoms with Crippen molar-refractivity contribution in [3.8, 4) is 0 Å². The molecular formula is C24H25N3O5S. The van der Waals surface area contributed by atoms with Crippen molar-refractivity contribution in [1.82, 2.24) is 10.3 Å². The number of pyridine rings is 1. The average Bonchev–Trinajstić information content (AvgIpc) is 3.35. The summed E-state index contributed by atoms with van der Waals surface area (Å²) in [7, 11) is -3.99. The molecule has 4 rings (SSSR count). The molecule has 1 aliphatic rings. The van der Waals surface area contributed by atoms with Gasteiger partial charge < -0.3 is 15.0 Å². The summed E-state index contributed by atoms with van der Waals surface area (Å²) in [5.74, 6) is -0.528. The van der Waals surface area contributed by atoms with Gasteiger partial charge in [0.2, 0.25) is 5.43 Å². The second kappa shape index (κ2) is 9.60. The second-order valence-electron chi connectivity index (χ2n) is 7.74. The zero-order chi connectivity index (χ0) is 23.4. The van der Waals surface area contributed by atoms with Gasteiger partial charge in [0.15, 0.2) is 0 Å². The maximum Gasteiger partial charge on any atom is 0.264 e. The molecule has 172 valence electrons. The topological polar surface area (TPSA) is 109 Å². The number of hydrogen-bond donors (Lipinski definition) is 2. The van der Waals surface area contributed by atoms with Gasteiger partial charge in [-0.15, -0.1) is 6.58 Å². The molecule has 9 heteroatoms. The minimum atomic E-state index is -3.99. The standard InChI is InChI=1S/C24H25N3O5S/c1-2-12-27(17-7-4-3-5-8-17)33(30,31)19-10-11-22-20(14-19)23(28)21(16-25-22)24(29)26-15-18-9-6-13-32-18/h2-5,7-8,10-11,14,16,18H,1,6,9,12-13,15H2,(H,25,28)(H,26,29)/t18-/m0/s1. The van der Waals surface area contributed by atoms with Crippen LogP contribution in [0.5, 0.6) is 0 Å². The summed E-state index contributed by atoms with van der Waals surface area (Å²) in [5, 5.41) is 2.84. The fraction of sp³-hybridized carbons (Fsp3) is 0.250. The van der Waals surface area contributed by atoms with Gasteiger partial charge in [-0.1, -0.05) is 24.3 Å². The fourth-order valence-electron chi connectivity index (χ4n) is 3.81. The monoisotopic (exact) mass is 467 g/mol. The number of sulfonamides is 1. The molecule has 3 aromatic rings. The van der Waals surface area contributed by atoms with Gasteiger partial charge in [0.25, 0.3) is 15.9 Å². The lowest BCUT2D eigenvalue weighted by Crippen LogP contribution is -2.34. The van der Waals surface area contributed by atoms with Crippen molar-refractivity contribution < 1.29 is 17.9 Å². The Morgan fingerprint density at radius 3 is 2.73 bits per heavy atom. The SMILES string of the molecule is C=CCN(c1ccccc1)S(=O)(=O)c1ccc2[nH]cc(C(=O)NC[C@@H]3CCCO3)c(=O)c2c1. The zero-order valence-corrected chi connectivity index (χ0v) is 18.8. The van der Waals surface area contributed by atoms with Crippen molar-refractivity contribution in [3.63, 3.8) is 0 Å². The van der Waals surface area contributed by atoms with E-state index in [0.29, 0.717) is 24.4 Å². The van der Waals surface area contributed by atoms with Gasteiger partial charge in [0.1, 0.15) is 5.56 Å². The van der Waals surface area contributed by atoms with Crippen LogP contribution in [0.15, 0.2) is 77.1 Å². The van der Waals surface area contributed by atoms with E-state index in [2.05, 4.69) is 16.9 Å². The van der Waals surface area contributed by atoms with Crippen molar-refractivity contribution in [1.29, 1.82) is 0 Å². The molecule has 0 unspecified atom stereocenters. The summed E-state index contributed by atoms with van der Waals surface area (Å²) >= 11 is 0. The summed E-state index contributed by atoms with van der Waals surface area (Å²) in [6.07, 6.45) is 4.59. The van der Waals surface area contributed by atoms with Crippen molar-refractivity contribution in [2.24, 2.45) is 0 Å². The highest BCUT2D eigenvalue weighted by Gasteiger charge is 2.25. The smallest absolute Gasteiger partial charge is 0.264 e. The van der Waals surface area contributed by atoms with E-state index < -0.39 is 21.4 Å². The van der Waals surface area contributed by atoms with Gasteiger partial charge in [-0.25, -0.2) is 8.42 Å². The number of benzene rings is 2. The number of aromatic amines is 1. The Morgan fingerprint density at radius 1 is 1.24 bits per heavy atom. The fourth-order valence-corrected chi connectivity index (χ4v) is 5.28. The number of carbonyl (C=O) groups excluding carboxylic acids is 1. The first-order valence-electron chi connectivity index (χ1n) is 10.7. The first kappa shape index (κ1) is 22.8. The summed E-state index contributed by atoms with van der Waals surface area (Å²) in [6.45, 7) is 4.71. The number of ether oxygens (including phenoxy) is 1. The Labute approximate surface area is 191 Å². The number of nitrogens with zero attached hydrogens (tertiary/aromatic N) is 1. The second-order valence-corrected chi connectivity index (χ2v) is 9.61. The van der Waals surface area contributed by atoms with Crippen molar-refractivity contribution in [2.75, 3.05) is 24.0 Å². The normalized spacial score (nSPS) is 15.9. The van der Waals surface area contributed by atoms with Crippen molar-refractivity contribution in [2.45, 2.75) is 23.8 Å². The molecule has 1 amide bonds. The molecule has 1 fully saturated rings. The predicted octanol–water partition coefficient (Wildman–Crippen LogP) is 2.82. The molecule has 0 radical (unpaired) electrons. The summed E-state index contributed by atoms with van der Waals surface area (Å²) < 4.78 is 33.5. The summed E-state index contributed by atoms with van der Waals surface area (Å²) in [5.41, 5.74) is 0.292. The minimum absolute atomic E-state index is 0.0527. The number of aromatic nitrogens is 1. The third-order valence-corrected chi connectivity index (χ3v) is 7.33.